The molecule has 1 aromatic rings. The number of alkyl halides is 3. The second-order valence-corrected chi connectivity index (χ2v) is 4.32. The number of hydrogen-bond donors (Lipinski definition) is 0. The number of hydrogen-bond acceptors (Lipinski definition) is 2. The molecule has 1 rings (SSSR count). The van der Waals surface area contributed by atoms with E-state index >= 15 is 0 Å². The van der Waals surface area contributed by atoms with Gasteiger partial charge in [-0.1, -0.05) is 30.7 Å². The van der Waals surface area contributed by atoms with E-state index in [-0.39, 0.29) is 5.56 Å². The van der Waals surface area contributed by atoms with Crippen molar-refractivity contribution in [2.75, 3.05) is 7.11 Å². The van der Waals surface area contributed by atoms with Gasteiger partial charge in [0.05, 0.1) is 18.9 Å². The van der Waals surface area contributed by atoms with Crippen molar-refractivity contribution in [3.8, 4) is 0 Å². The molecule has 0 aliphatic rings. The van der Waals surface area contributed by atoms with Crippen LogP contribution in [0.4, 0.5) is 13.2 Å². The van der Waals surface area contributed by atoms with Crippen molar-refractivity contribution < 1.29 is 22.7 Å². The lowest BCUT2D eigenvalue weighted by Crippen LogP contribution is -2.31. The van der Waals surface area contributed by atoms with Gasteiger partial charge in [0.2, 0.25) is 0 Å². The minimum absolute atomic E-state index is 0.232. The molecule has 1 aromatic carbocycles. The van der Waals surface area contributed by atoms with Crippen LogP contribution in [-0.4, -0.2) is 19.3 Å². The number of carbonyl (C=O) groups is 1. The molecule has 0 amide bonds. The van der Waals surface area contributed by atoms with Gasteiger partial charge in [-0.15, -0.1) is 0 Å². The maximum atomic E-state index is 12.7. The zero-order chi connectivity index (χ0) is 13.9. The van der Waals surface area contributed by atoms with Crippen molar-refractivity contribution >= 4 is 17.6 Å². The quantitative estimate of drug-likeness (QED) is 0.787. The molecule has 6 heteroatoms. The zero-order valence-electron chi connectivity index (χ0n) is 9.79. The Bertz CT molecular complexity index is 414. The van der Waals surface area contributed by atoms with Crippen molar-refractivity contribution in [2.24, 2.45) is 5.92 Å². The number of benzene rings is 1. The van der Waals surface area contributed by atoms with Crippen molar-refractivity contribution in [3.63, 3.8) is 0 Å². The molecule has 100 valence electrons. The first-order chi connectivity index (χ1) is 8.27. The Kier molecular flexibility index (Phi) is 4.62. The third kappa shape index (κ3) is 3.38. The standard InChI is InChI=1S/C12H12ClF3O2/c1-7(12(14,15)16)10(11(17)18-2)8-3-5-9(13)6-4-8/h3-7,10H,1-2H3. The fourth-order valence-corrected chi connectivity index (χ4v) is 1.74. The second kappa shape index (κ2) is 5.61. The van der Waals surface area contributed by atoms with E-state index < -0.39 is 24.0 Å². The summed E-state index contributed by atoms with van der Waals surface area (Å²) in [4.78, 5) is 11.5. The highest BCUT2D eigenvalue weighted by Crippen LogP contribution is 2.38. The van der Waals surface area contributed by atoms with Crippen molar-refractivity contribution in [1.82, 2.24) is 0 Å². The van der Waals surface area contributed by atoms with Gasteiger partial charge < -0.3 is 4.74 Å². The van der Waals surface area contributed by atoms with E-state index in [4.69, 9.17) is 11.6 Å². The number of halogens is 4. The predicted molar refractivity (Wildman–Crippen MR) is 61.4 cm³/mol. The van der Waals surface area contributed by atoms with Crippen LogP contribution in [0.5, 0.6) is 0 Å². The molecule has 0 spiro atoms. The Labute approximate surface area is 108 Å². The highest BCUT2D eigenvalue weighted by Gasteiger charge is 2.45. The molecule has 0 aliphatic heterocycles. The summed E-state index contributed by atoms with van der Waals surface area (Å²) in [5.41, 5.74) is 0.232. The summed E-state index contributed by atoms with van der Waals surface area (Å²) < 4.78 is 42.6. The van der Waals surface area contributed by atoms with Crippen LogP contribution < -0.4 is 0 Å². The molecule has 0 radical (unpaired) electrons. The smallest absolute Gasteiger partial charge is 0.392 e. The van der Waals surface area contributed by atoms with Gasteiger partial charge in [0.1, 0.15) is 0 Å². The summed E-state index contributed by atoms with van der Waals surface area (Å²) in [6.45, 7) is 0.955. The van der Waals surface area contributed by atoms with Crippen molar-refractivity contribution in [3.05, 3.63) is 34.9 Å². The second-order valence-electron chi connectivity index (χ2n) is 3.88. The Morgan fingerprint density at radius 3 is 2.17 bits per heavy atom. The molecule has 0 bridgehead atoms. The van der Waals surface area contributed by atoms with Crippen molar-refractivity contribution in [1.29, 1.82) is 0 Å². The number of methoxy groups -OCH3 is 1. The summed E-state index contributed by atoms with van der Waals surface area (Å²) in [6, 6.07) is 5.67. The Hall–Kier alpha value is -1.23. The number of ether oxygens (including phenoxy) is 1. The van der Waals surface area contributed by atoms with E-state index in [1.165, 1.54) is 24.3 Å². The highest BCUT2D eigenvalue weighted by atomic mass is 35.5. The minimum Gasteiger partial charge on any atom is -0.469 e. The number of rotatable bonds is 3. The summed E-state index contributed by atoms with van der Waals surface area (Å²) in [7, 11) is 1.06. The summed E-state index contributed by atoms with van der Waals surface area (Å²) in [6.07, 6.45) is -4.47. The molecule has 2 unspecified atom stereocenters. The van der Waals surface area contributed by atoms with E-state index in [0.717, 1.165) is 14.0 Å². The van der Waals surface area contributed by atoms with Gasteiger partial charge in [-0.3, -0.25) is 4.79 Å². The average Bonchev–Trinajstić information content (AvgIpc) is 2.30. The van der Waals surface area contributed by atoms with E-state index in [2.05, 4.69) is 4.74 Å². The lowest BCUT2D eigenvalue weighted by Gasteiger charge is -2.24. The van der Waals surface area contributed by atoms with Gasteiger partial charge in [0, 0.05) is 5.02 Å². The molecule has 2 nitrogen and oxygen atoms in total. The van der Waals surface area contributed by atoms with Crippen LogP contribution in [0.3, 0.4) is 0 Å². The lowest BCUT2D eigenvalue weighted by molar-refractivity contribution is -0.184. The van der Waals surface area contributed by atoms with Gasteiger partial charge in [-0.05, 0) is 17.7 Å². The average molecular weight is 281 g/mol. The van der Waals surface area contributed by atoms with Crippen LogP contribution in [0.1, 0.15) is 18.4 Å². The van der Waals surface area contributed by atoms with Crippen LogP contribution in [-0.2, 0) is 9.53 Å². The predicted octanol–water partition coefficient (Wildman–Crippen LogP) is 3.80. The molecular formula is C12H12ClF3O2. The molecule has 0 N–H and O–H groups in total. The third-order valence-electron chi connectivity index (χ3n) is 2.70. The Morgan fingerprint density at radius 1 is 1.28 bits per heavy atom. The maximum Gasteiger partial charge on any atom is 0.392 e. The Balaban J connectivity index is 3.14. The van der Waals surface area contributed by atoms with Crippen LogP contribution in [0.15, 0.2) is 24.3 Å². The molecule has 2 atom stereocenters. The van der Waals surface area contributed by atoms with E-state index in [0.29, 0.717) is 5.02 Å². The molecule has 0 fully saturated rings. The fraction of sp³-hybridized carbons (Fsp3) is 0.417. The molecular weight excluding hydrogens is 269 g/mol. The highest BCUT2D eigenvalue weighted by molar-refractivity contribution is 6.30. The van der Waals surface area contributed by atoms with Crippen LogP contribution >= 0.6 is 11.6 Å². The first-order valence-electron chi connectivity index (χ1n) is 5.17. The number of carbonyl (C=O) groups excluding carboxylic acids is 1. The Morgan fingerprint density at radius 2 is 1.78 bits per heavy atom. The van der Waals surface area contributed by atoms with Gasteiger partial charge in [-0.25, -0.2) is 0 Å². The van der Waals surface area contributed by atoms with Gasteiger partial charge >= 0.3 is 12.1 Å². The number of esters is 1. The normalized spacial score (nSPS) is 15.0. The fourth-order valence-electron chi connectivity index (χ4n) is 1.61. The zero-order valence-corrected chi connectivity index (χ0v) is 10.5. The summed E-state index contributed by atoms with van der Waals surface area (Å²) in [5.74, 6) is -4.12. The molecule has 0 saturated heterocycles. The van der Waals surface area contributed by atoms with Crippen LogP contribution in [0.25, 0.3) is 0 Å². The van der Waals surface area contributed by atoms with E-state index in [1.807, 2.05) is 0 Å². The van der Waals surface area contributed by atoms with Crippen molar-refractivity contribution in [2.45, 2.75) is 19.0 Å². The summed E-state index contributed by atoms with van der Waals surface area (Å²) in [5, 5.41) is 0.391. The molecule has 0 heterocycles. The lowest BCUT2D eigenvalue weighted by atomic mass is 9.87. The SMILES string of the molecule is COC(=O)C(c1ccc(Cl)cc1)C(C)C(F)(F)F. The third-order valence-corrected chi connectivity index (χ3v) is 2.95. The van der Waals surface area contributed by atoms with Gasteiger partial charge in [0.15, 0.2) is 0 Å². The first kappa shape index (κ1) is 14.8. The monoisotopic (exact) mass is 280 g/mol. The maximum absolute atomic E-state index is 12.7. The largest absolute Gasteiger partial charge is 0.469 e. The van der Waals surface area contributed by atoms with Crippen LogP contribution in [0.2, 0.25) is 5.02 Å². The van der Waals surface area contributed by atoms with Gasteiger partial charge in [0.25, 0.3) is 0 Å². The topological polar surface area (TPSA) is 26.3 Å². The first-order valence-corrected chi connectivity index (χ1v) is 5.55. The summed E-state index contributed by atoms with van der Waals surface area (Å²) >= 11 is 5.66. The van der Waals surface area contributed by atoms with Gasteiger partial charge in [-0.2, -0.15) is 13.2 Å². The molecule has 0 aliphatic carbocycles. The minimum atomic E-state index is -4.47. The molecule has 18 heavy (non-hydrogen) atoms. The van der Waals surface area contributed by atoms with E-state index in [9.17, 15) is 18.0 Å². The van der Waals surface area contributed by atoms with Crippen LogP contribution in [0, 0.1) is 5.92 Å². The molecule has 0 aromatic heterocycles. The van der Waals surface area contributed by atoms with E-state index in [1.54, 1.807) is 0 Å². The molecule has 0 saturated carbocycles.